The third-order valence-electron chi connectivity index (χ3n) is 4.88. The van der Waals surface area contributed by atoms with Crippen LogP contribution in [0.25, 0.3) is 0 Å². The Kier molecular flexibility index (Phi) is 7.23. The highest BCUT2D eigenvalue weighted by molar-refractivity contribution is 8.00. The molecule has 1 aromatic heterocycles. The molecular formula is C22H20N4O3S3. The SMILES string of the molecule is CSCCC(C(=O)Nc1nnc(SCc2ccccc2)s1)N1C(=O)c2ccccc2C1=O. The van der Waals surface area contributed by atoms with Crippen molar-refractivity contribution in [3.8, 4) is 0 Å². The summed E-state index contributed by atoms with van der Waals surface area (Å²) in [5.74, 6) is 0.0463. The minimum absolute atomic E-state index is 0.329. The van der Waals surface area contributed by atoms with Gasteiger partial charge in [-0.1, -0.05) is 65.6 Å². The Morgan fingerprint density at radius 3 is 2.34 bits per heavy atom. The van der Waals surface area contributed by atoms with Crippen LogP contribution in [0.3, 0.4) is 0 Å². The smallest absolute Gasteiger partial charge is 0.262 e. The molecule has 3 aromatic rings. The van der Waals surface area contributed by atoms with Gasteiger partial charge in [0.25, 0.3) is 11.8 Å². The quantitative estimate of drug-likeness (QED) is 0.277. The fraction of sp³-hybridized carbons (Fsp3) is 0.227. The summed E-state index contributed by atoms with van der Waals surface area (Å²) in [7, 11) is 0. The Morgan fingerprint density at radius 2 is 1.69 bits per heavy atom. The number of hydrogen-bond donors (Lipinski definition) is 1. The number of nitrogens with one attached hydrogen (secondary N) is 1. The Morgan fingerprint density at radius 1 is 1.03 bits per heavy atom. The first kappa shape index (κ1) is 22.5. The molecule has 0 spiro atoms. The second-order valence-corrected chi connectivity index (χ2v) is 10.1. The summed E-state index contributed by atoms with van der Waals surface area (Å²) in [4.78, 5) is 39.9. The molecule has 1 unspecified atom stereocenters. The molecule has 2 aromatic carbocycles. The van der Waals surface area contributed by atoms with Crippen molar-refractivity contribution in [3.63, 3.8) is 0 Å². The third kappa shape index (κ3) is 4.87. The van der Waals surface area contributed by atoms with Crippen molar-refractivity contribution in [2.45, 2.75) is 22.6 Å². The van der Waals surface area contributed by atoms with Gasteiger partial charge in [0.2, 0.25) is 11.0 Å². The molecule has 0 saturated carbocycles. The molecule has 0 radical (unpaired) electrons. The zero-order valence-corrected chi connectivity index (χ0v) is 19.6. The number of imide groups is 1. The van der Waals surface area contributed by atoms with E-state index in [1.165, 1.54) is 28.7 Å². The van der Waals surface area contributed by atoms with Crippen LogP contribution in [0.5, 0.6) is 0 Å². The largest absolute Gasteiger partial charge is 0.299 e. The van der Waals surface area contributed by atoms with Crippen LogP contribution in [0.15, 0.2) is 58.9 Å². The fourth-order valence-corrected chi connectivity index (χ4v) is 5.49. The van der Waals surface area contributed by atoms with Crippen molar-refractivity contribution in [3.05, 3.63) is 71.3 Å². The first-order valence-electron chi connectivity index (χ1n) is 9.85. The molecular weight excluding hydrogens is 464 g/mol. The van der Waals surface area contributed by atoms with Crippen LogP contribution in [0.4, 0.5) is 5.13 Å². The summed E-state index contributed by atoms with van der Waals surface area (Å²) >= 11 is 4.35. The minimum Gasteiger partial charge on any atom is -0.299 e. The summed E-state index contributed by atoms with van der Waals surface area (Å²) < 4.78 is 0.727. The monoisotopic (exact) mass is 484 g/mol. The number of carbonyl (C=O) groups excluding carboxylic acids is 3. The van der Waals surface area contributed by atoms with Crippen LogP contribution >= 0.6 is 34.9 Å². The summed E-state index contributed by atoms with van der Waals surface area (Å²) in [6, 6.07) is 15.7. The number of hydrogen-bond acceptors (Lipinski definition) is 8. The lowest BCUT2D eigenvalue weighted by Gasteiger charge is -2.24. The molecule has 1 aliphatic heterocycles. The highest BCUT2D eigenvalue weighted by Gasteiger charge is 2.42. The van der Waals surface area contributed by atoms with E-state index < -0.39 is 23.8 Å². The average Bonchev–Trinajstić information content (AvgIpc) is 3.36. The minimum atomic E-state index is -0.917. The lowest BCUT2D eigenvalue weighted by Crippen LogP contribution is -2.47. The van der Waals surface area contributed by atoms with Crippen LogP contribution < -0.4 is 5.32 Å². The van der Waals surface area contributed by atoms with Gasteiger partial charge in [0.1, 0.15) is 6.04 Å². The number of amides is 3. The molecule has 0 aliphatic carbocycles. The van der Waals surface area contributed by atoms with E-state index in [0.29, 0.717) is 28.4 Å². The van der Waals surface area contributed by atoms with E-state index in [0.717, 1.165) is 15.0 Å². The number of aromatic nitrogens is 2. The van der Waals surface area contributed by atoms with E-state index in [4.69, 9.17) is 0 Å². The lowest BCUT2D eigenvalue weighted by molar-refractivity contribution is -0.120. The van der Waals surface area contributed by atoms with E-state index in [-0.39, 0.29) is 0 Å². The van der Waals surface area contributed by atoms with Crippen molar-refractivity contribution in [2.24, 2.45) is 0 Å². The van der Waals surface area contributed by atoms with Crippen molar-refractivity contribution in [2.75, 3.05) is 17.3 Å². The first-order chi connectivity index (χ1) is 15.6. The Labute approximate surface area is 198 Å². The van der Waals surface area contributed by atoms with Crippen LogP contribution in [-0.2, 0) is 10.5 Å². The maximum atomic E-state index is 13.1. The number of thioether (sulfide) groups is 2. The second-order valence-electron chi connectivity index (χ2n) is 6.96. The van der Waals surface area contributed by atoms with E-state index in [2.05, 4.69) is 15.5 Å². The summed E-state index contributed by atoms with van der Waals surface area (Å²) in [6.07, 6.45) is 2.27. The molecule has 164 valence electrons. The topological polar surface area (TPSA) is 92.3 Å². The van der Waals surface area contributed by atoms with Crippen molar-refractivity contribution < 1.29 is 14.4 Å². The zero-order valence-electron chi connectivity index (χ0n) is 17.2. The number of nitrogens with zero attached hydrogens (tertiary/aromatic N) is 3. The van der Waals surface area contributed by atoms with Gasteiger partial charge in [0, 0.05) is 5.75 Å². The van der Waals surface area contributed by atoms with Crippen LogP contribution in [-0.4, -0.2) is 50.9 Å². The summed E-state index contributed by atoms with van der Waals surface area (Å²) in [5.41, 5.74) is 1.82. The predicted octanol–water partition coefficient (Wildman–Crippen LogP) is 4.19. The normalized spacial score (nSPS) is 13.8. The third-order valence-corrected chi connectivity index (χ3v) is 7.56. The standard InChI is InChI=1S/C22H20N4O3S3/c1-30-12-11-17(26-19(28)15-9-5-6-10-16(15)20(26)29)18(27)23-21-24-25-22(32-21)31-13-14-7-3-2-4-8-14/h2-10,17H,11-13H2,1H3,(H,23,24,27). The average molecular weight is 485 g/mol. The number of rotatable bonds is 9. The molecule has 7 nitrogen and oxygen atoms in total. The van der Waals surface area contributed by atoms with Gasteiger partial charge in [-0.25, -0.2) is 0 Å². The van der Waals surface area contributed by atoms with Gasteiger partial charge < -0.3 is 0 Å². The van der Waals surface area contributed by atoms with Gasteiger partial charge in [-0.15, -0.1) is 10.2 Å². The molecule has 4 rings (SSSR count). The van der Waals surface area contributed by atoms with Crippen molar-refractivity contribution in [1.82, 2.24) is 15.1 Å². The Bertz CT molecular complexity index is 1100. The van der Waals surface area contributed by atoms with E-state index in [1.54, 1.807) is 36.0 Å². The van der Waals surface area contributed by atoms with Gasteiger partial charge >= 0.3 is 0 Å². The van der Waals surface area contributed by atoms with Gasteiger partial charge in [-0.2, -0.15) is 11.8 Å². The van der Waals surface area contributed by atoms with Crippen molar-refractivity contribution in [1.29, 1.82) is 0 Å². The van der Waals surface area contributed by atoms with Gasteiger partial charge in [-0.05, 0) is 36.1 Å². The van der Waals surface area contributed by atoms with Crippen molar-refractivity contribution >= 4 is 57.7 Å². The number of benzene rings is 2. The molecule has 10 heteroatoms. The first-order valence-corrected chi connectivity index (χ1v) is 13.0. The number of carbonyl (C=O) groups is 3. The predicted molar refractivity (Wildman–Crippen MR) is 128 cm³/mol. The van der Waals surface area contributed by atoms with Crippen LogP contribution in [0, 0.1) is 0 Å². The maximum absolute atomic E-state index is 13.1. The molecule has 32 heavy (non-hydrogen) atoms. The highest BCUT2D eigenvalue weighted by Crippen LogP contribution is 2.30. The summed E-state index contributed by atoms with van der Waals surface area (Å²) in [5, 5.41) is 11.3. The molecule has 2 heterocycles. The fourth-order valence-electron chi connectivity index (χ4n) is 3.32. The second kappa shape index (κ2) is 10.3. The van der Waals surface area contributed by atoms with E-state index >= 15 is 0 Å². The molecule has 0 saturated heterocycles. The Hall–Kier alpha value is -2.69. The number of fused-ring (bicyclic) bond motifs is 1. The molecule has 1 atom stereocenters. The number of anilines is 1. The highest BCUT2D eigenvalue weighted by atomic mass is 32.2. The van der Waals surface area contributed by atoms with Gasteiger partial charge in [0.05, 0.1) is 11.1 Å². The molecule has 0 bridgehead atoms. The van der Waals surface area contributed by atoms with Gasteiger partial charge in [-0.3, -0.25) is 24.6 Å². The maximum Gasteiger partial charge on any atom is 0.262 e. The molecule has 1 N–H and O–H groups in total. The molecule has 3 amide bonds. The van der Waals surface area contributed by atoms with Gasteiger partial charge in [0.15, 0.2) is 4.34 Å². The van der Waals surface area contributed by atoms with E-state index in [9.17, 15) is 14.4 Å². The van der Waals surface area contributed by atoms with Crippen LogP contribution in [0.2, 0.25) is 0 Å². The molecule has 1 aliphatic rings. The zero-order chi connectivity index (χ0) is 22.5. The summed E-state index contributed by atoms with van der Waals surface area (Å²) in [6.45, 7) is 0. The van der Waals surface area contributed by atoms with E-state index in [1.807, 2.05) is 36.6 Å². The van der Waals surface area contributed by atoms with Crippen LogP contribution in [0.1, 0.15) is 32.7 Å². The lowest BCUT2D eigenvalue weighted by atomic mass is 10.1. The molecule has 0 fully saturated rings. The Balaban J connectivity index is 1.46.